The van der Waals surface area contributed by atoms with E-state index in [0.29, 0.717) is 10.6 Å². The van der Waals surface area contributed by atoms with E-state index < -0.39 is 21.9 Å². The molecule has 0 aliphatic heterocycles. The molecule has 1 heterocycles. The molecule has 2 aromatic rings. The Morgan fingerprint density at radius 3 is 2.67 bits per heavy atom. The zero-order chi connectivity index (χ0) is 19.6. The number of carbonyl (C=O) groups is 2. The summed E-state index contributed by atoms with van der Waals surface area (Å²) < 4.78 is 30.6. The number of anilines is 2. The third kappa shape index (κ3) is 4.30. The number of nitrogens with one attached hydrogen (secondary N) is 2. The average molecular weight is 409 g/mol. The van der Waals surface area contributed by atoms with Crippen molar-refractivity contribution in [1.29, 1.82) is 0 Å². The molecular weight excluding hydrogens is 388 g/mol. The molecule has 1 amide bonds. The molecule has 0 saturated heterocycles. The fourth-order valence-electron chi connectivity index (χ4n) is 3.05. The minimum atomic E-state index is -3.53. The van der Waals surface area contributed by atoms with Crippen molar-refractivity contribution in [1.82, 2.24) is 0 Å². The zero-order valence-electron chi connectivity index (χ0n) is 15.0. The maximum Gasteiger partial charge on any atom is 0.341 e. The van der Waals surface area contributed by atoms with Crippen molar-refractivity contribution in [2.45, 2.75) is 26.2 Å². The number of sulfonamides is 1. The van der Waals surface area contributed by atoms with Gasteiger partial charge in [0.15, 0.2) is 0 Å². The second-order valence-corrected chi connectivity index (χ2v) is 9.01. The highest BCUT2D eigenvalue weighted by Crippen LogP contribution is 2.39. The average Bonchev–Trinajstić information content (AvgIpc) is 3.14. The second-order valence-electron chi connectivity index (χ2n) is 6.16. The van der Waals surface area contributed by atoms with Crippen LogP contribution in [0, 0.1) is 0 Å². The summed E-state index contributed by atoms with van der Waals surface area (Å²) in [5.41, 5.74) is 1.71. The Morgan fingerprint density at radius 2 is 1.96 bits per heavy atom. The number of para-hydroxylation sites is 1. The zero-order valence-corrected chi connectivity index (χ0v) is 16.6. The minimum absolute atomic E-state index is 0.172. The molecule has 0 radical (unpaired) electrons. The van der Waals surface area contributed by atoms with Crippen molar-refractivity contribution in [3.8, 4) is 0 Å². The Bertz CT molecular complexity index is 995. The molecule has 3 rings (SSSR count). The molecule has 0 spiro atoms. The summed E-state index contributed by atoms with van der Waals surface area (Å²) in [5, 5.41) is 3.21. The van der Waals surface area contributed by atoms with Crippen LogP contribution in [0.5, 0.6) is 0 Å². The van der Waals surface area contributed by atoms with E-state index in [1.54, 1.807) is 19.1 Å². The number of carbonyl (C=O) groups excluding carboxylic acids is 2. The summed E-state index contributed by atoms with van der Waals surface area (Å²) in [5.74, 6) is -0.943. The van der Waals surface area contributed by atoms with E-state index >= 15 is 0 Å². The largest absolute Gasteiger partial charge is 0.462 e. The lowest BCUT2D eigenvalue weighted by Gasteiger charge is -2.11. The van der Waals surface area contributed by atoms with Crippen LogP contribution < -0.4 is 10.0 Å². The number of thiophene rings is 1. The van der Waals surface area contributed by atoms with E-state index in [1.807, 2.05) is 0 Å². The van der Waals surface area contributed by atoms with Gasteiger partial charge in [0, 0.05) is 4.88 Å². The van der Waals surface area contributed by atoms with Crippen LogP contribution in [-0.4, -0.2) is 33.2 Å². The first kappa shape index (κ1) is 19.4. The number of fused-ring (bicyclic) bond motifs is 1. The Morgan fingerprint density at radius 1 is 1.22 bits per heavy atom. The third-order valence-electron chi connectivity index (χ3n) is 4.09. The van der Waals surface area contributed by atoms with Gasteiger partial charge in [-0.2, -0.15) is 0 Å². The molecular formula is C18H20N2O5S2. The minimum Gasteiger partial charge on any atom is -0.462 e. The van der Waals surface area contributed by atoms with Gasteiger partial charge in [0.05, 0.1) is 29.7 Å². The quantitative estimate of drug-likeness (QED) is 0.716. The number of rotatable bonds is 6. The van der Waals surface area contributed by atoms with Crippen LogP contribution in [0.4, 0.5) is 10.7 Å². The second kappa shape index (κ2) is 7.69. The molecule has 1 aliphatic rings. The highest BCUT2D eigenvalue weighted by molar-refractivity contribution is 7.92. The number of aryl methyl sites for hydroxylation is 1. The lowest BCUT2D eigenvalue weighted by molar-refractivity contribution is 0.0527. The molecule has 0 saturated carbocycles. The van der Waals surface area contributed by atoms with Crippen molar-refractivity contribution in [3.05, 3.63) is 45.8 Å². The van der Waals surface area contributed by atoms with Crippen LogP contribution in [0.1, 0.15) is 44.5 Å². The van der Waals surface area contributed by atoms with Crippen molar-refractivity contribution < 1.29 is 22.7 Å². The first-order valence-electron chi connectivity index (χ1n) is 8.50. The maximum absolute atomic E-state index is 12.8. The third-order valence-corrected chi connectivity index (χ3v) is 5.89. The topological polar surface area (TPSA) is 102 Å². The lowest BCUT2D eigenvalue weighted by Crippen LogP contribution is -2.18. The number of hydrogen-bond donors (Lipinski definition) is 2. The fourth-order valence-corrected chi connectivity index (χ4v) is 4.90. The summed E-state index contributed by atoms with van der Waals surface area (Å²) in [4.78, 5) is 26.3. The normalized spacial score (nSPS) is 13.1. The van der Waals surface area contributed by atoms with E-state index in [4.69, 9.17) is 4.74 Å². The molecule has 0 bridgehead atoms. The molecule has 7 nitrogen and oxygen atoms in total. The Kier molecular flexibility index (Phi) is 5.52. The fraction of sp³-hybridized carbons (Fsp3) is 0.333. The number of esters is 1. The summed E-state index contributed by atoms with van der Waals surface area (Å²) in [7, 11) is -3.53. The van der Waals surface area contributed by atoms with Gasteiger partial charge in [-0.3, -0.25) is 9.52 Å². The van der Waals surface area contributed by atoms with Crippen LogP contribution in [0.2, 0.25) is 0 Å². The van der Waals surface area contributed by atoms with E-state index in [0.717, 1.165) is 36.0 Å². The summed E-state index contributed by atoms with van der Waals surface area (Å²) >= 11 is 1.37. The first-order valence-corrected chi connectivity index (χ1v) is 11.2. The maximum atomic E-state index is 12.8. The molecule has 144 valence electrons. The lowest BCUT2D eigenvalue weighted by atomic mass is 10.1. The molecule has 0 atom stereocenters. The molecule has 9 heteroatoms. The summed E-state index contributed by atoms with van der Waals surface area (Å²) in [6, 6.07) is 6.31. The smallest absolute Gasteiger partial charge is 0.341 e. The van der Waals surface area contributed by atoms with Crippen molar-refractivity contribution in [2.75, 3.05) is 22.9 Å². The van der Waals surface area contributed by atoms with Crippen LogP contribution >= 0.6 is 11.3 Å². The van der Waals surface area contributed by atoms with Crippen molar-refractivity contribution in [2.24, 2.45) is 0 Å². The standard InChI is InChI=1S/C18H20N2O5S2/c1-3-25-18(22)15-12-8-6-10-14(12)26-17(15)19-16(21)11-7-4-5-9-13(11)20-27(2,23)24/h4-5,7,9,20H,3,6,8,10H2,1-2H3,(H,19,21). The molecule has 2 N–H and O–H groups in total. The van der Waals surface area contributed by atoms with Gasteiger partial charge in [-0.15, -0.1) is 11.3 Å². The molecule has 1 aromatic carbocycles. The highest BCUT2D eigenvalue weighted by atomic mass is 32.2. The predicted octanol–water partition coefficient (Wildman–Crippen LogP) is 3.04. The van der Waals surface area contributed by atoms with Gasteiger partial charge in [0.25, 0.3) is 5.91 Å². The van der Waals surface area contributed by atoms with Gasteiger partial charge in [-0.05, 0) is 43.9 Å². The molecule has 1 aromatic heterocycles. The van der Waals surface area contributed by atoms with Gasteiger partial charge in [0.2, 0.25) is 10.0 Å². The monoisotopic (exact) mass is 408 g/mol. The van der Waals surface area contributed by atoms with Crippen molar-refractivity contribution >= 4 is 43.9 Å². The van der Waals surface area contributed by atoms with Crippen LogP contribution in [0.15, 0.2) is 24.3 Å². The highest BCUT2D eigenvalue weighted by Gasteiger charge is 2.28. The molecule has 27 heavy (non-hydrogen) atoms. The SMILES string of the molecule is CCOC(=O)c1c(NC(=O)c2ccccc2NS(C)(=O)=O)sc2c1CCC2. The van der Waals surface area contributed by atoms with Crippen LogP contribution in [0.3, 0.4) is 0 Å². The van der Waals surface area contributed by atoms with E-state index in [9.17, 15) is 18.0 Å². The van der Waals surface area contributed by atoms with E-state index in [1.165, 1.54) is 23.5 Å². The summed E-state index contributed by atoms with van der Waals surface area (Å²) in [6.45, 7) is 1.98. The van der Waals surface area contributed by atoms with Gasteiger partial charge in [-0.1, -0.05) is 12.1 Å². The number of amides is 1. The molecule has 1 aliphatic carbocycles. The Labute approximate surface area is 161 Å². The summed E-state index contributed by atoms with van der Waals surface area (Å²) in [6.07, 6.45) is 3.64. The van der Waals surface area contributed by atoms with Gasteiger partial charge >= 0.3 is 5.97 Å². The Balaban J connectivity index is 1.93. The Hall–Kier alpha value is -2.39. The van der Waals surface area contributed by atoms with Crippen molar-refractivity contribution in [3.63, 3.8) is 0 Å². The van der Waals surface area contributed by atoms with Gasteiger partial charge < -0.3 is 10.1 Å². The molecule has 0 unspecified atom stereocenters. The van der Waals surface area contributed by atoms with Crippen LogP contribution in [0.25, 0.3) is 0 Å². The van der Waals surface area contributed by atoms with Gasteiger partial charge in [0.1, 0.15) is 5.00 Å². The van der Waals surface area contributed by atoms with E-state index in [-0.39, 0.29) is 17.9 Å². The van der Waals surface area contributed by atoms with E-state index in [2.05, 4.69) is 10.0 Å². The predicted molar refractivity (Wildman–Crippen MR) is 105 cm³/mol. The first-order chi connectivity index (χ1) is 12.8. The number of benzene rings is 1. The molecule has 0 fully saturated rings. The number of hydrogen-bond acceptors (Lipinski definition) is 6. The van der Waals surface area contributed by atoms with Gasteiger partial charge in [-0.25, -0.2) is 13.2 Å². The number of ether oxygens (including phenoxy) is 1. The van der Waals surface area contributed by atoms with Crippen LogP contribution in [-0.2, 0) is 27.6 Å².